The van der Waals surface area contributed by atoms with Gasteiger partial charge in [-0.3, -0.25) is 4.79 Å². The van der Waals surface area contributed by atoms with Crippen LogP contribution in [0.5, 0.6) is 0 Å². The summed E-state index contributed by atoms with van der Waals surface area (Å²) in [5, 5.41) is 8.42. The second-order valence-corrected chi connectivity index (χ2v) is 2.21. The van der Waals surface area contributed by atoms with Crippen LogP contribution < -0.4 is 11.9 Å². The number of aromatic nitrogens is 2. The Hall–Kier alpha value is -1.40. The van der Waals surface area contributed by atoms with Crippen molar-refractivity contribution in [2.75, 3.05) is 0 Å². The van der Waals surface area contributed by atoms with Gasteiger partial charge >= 0.3 is 5.97 Å². The summed E-state index contributed by atoms with van der Waals surface area (Å²) in [7, 11) is 0. The first kappa shape index (κ1) is 10.6. The number of carbonyl (C=O) groups is 1. The summed E-state index contributed by atoms with van der Waals surface area (Å²) in [6.45, 7) is 0. The molecule has 0 aliphatic rings. The lowest BCUT2D eigenvalue weighted by Gasteiger charge is -2.01. The Kier molecular flexibility index (Phi) is 3.95. The molecule has 65 valence electrons. The fourth-order valence-corrected chi connectivity index (χ4v) is 0.715. The highest BCUT2D eigenvalue weighted by Gasteiger charge is 2.12. The molecule has 1 aromatic heterocycles. The average Bonchev–Trinajstić information content (AvgIpc) is 2.39. The largest absolute Gasteiger partial charge is 0.480 e. The fourth-order valence-electron chi connectivity index (χ4n) is 0.715. The van der Waals surface area contributed by atoms with Gasteiger partial charge in [0.05, 0.1) is 12.0 Å². The normalized spacial score (nSPS) is 11.8. The number of nitrogens with two attached hydrogens (primary N) is 1. The van der Waals surface area contributed by atoms with Gasteiger partial charge in [-0.25, -0.2) is 4.98 Å². The Morgan fingerprint density at radius 3 is 2.92 bits per heavy atom. The standard InChI is InChI=1S/C6H9N3O2.N/c7-5(6(10)11)1-4-2-8-3-9-4;/h2-3,5H,1,7H2,(H,8,9)(H,10,11);/t5-;/m0./s1. The molecule has 0 bridgehead atoms. The first-order chi connectivity index (χ1) is 5.20. The Balaban J connectivity index is 0.00000121. The van der Waals surface area contributed by atoms with E-state index >= 15 is 0 Å². The Morgan fingerprint density at radius 2 is 2.50 bits per heavy atom. The number of hydrogen-bond donors (Lipinski definition) is 3. The van der Waals surface area contributed by atoms with Gasteiger partial charge in [-0.15, -0.1) is 0 Å². The van der Waals surface area contributed by atoms with Crippen molar-refractivity contribution in [3.05, 3.63) is 18.2 Å². The highest BCUT2D eigenvalue weighted by molar-refractivity contribution is 5.73. The summed E-state index contributed by atoms with van der Waals surface area (Å²) in [6, 6.07) is -0.863. The van der Waals surface area contributed by atoms with E-state index < -0.39 is 12.0 Å². The molecule has 0 fully saturated rings. The molecule has 1 aromatic rings. The predicted octanol–water partition coefficient (Wildman–Crippen LogP) is -1.12. The number of H-pyrrole nitrogens is 1. The van der Waals surface area contributed by atoms with E-state index in [-0.39, 0.29) is 12.6 Å². The molecule has 4 N–H and O–H groups in total. The highest BCUT2D eigenvalue weighted by atomic mass is 16.4. The number of aromatic amines is 1. The van der Waals surface area contributed by atoms with Crippen LogP contribution in [0, 0.1) is 0 Å². The minimum Gasteiger partial charge on any atom is -0.480 e. The Labute approximate surface area is 69.4 Å². The van der Waals surface area contributed by atoms with E-state index in [4.69, 9.17) is 10.8 Å². The molecule has 1 rings (SSSR count). The van der Waals surface area contributed by atoms with Gasteiger partial charge in [0.2, 0.25) is 0 Å². The zero-order valence-electron chi connectivity index (χ0n) is 6.27. The van der Waals surface area contributed by atoms with Crippen molar-refractivity contribution in [1.82, 2.24) is 16.1 Å². The van der Waals surface area contributed by atoms with Crippen LogP contribution >= 0.6 is 0 Å². The third kappa shape index (κ3) is 2.69. The summed E-state index contributed by atoms with van der Waals surface area (Å²) >= 11 is 0. The van der Waals surface area contributed by atoms with E-state index in [1.165, 1.54) is 6.33 Å². The van der Waals surface area contributed by atoms with E-state index in [1.807, 2.05) is 0 Å². The molecule has 3 radical (unpaired) electrons. The van der Waals surface area contributed by atoms with Gasteiger partial charge in [0.25, 0.3) is 0 Å². The third-order valence-electron chi connectivity index (χ3n) is 1.30. The van der Waals surface area contributed by atoms with Crippen LogP contribution in [0.25, 0.3) is 0 Å². The summed E-state index contributed by atoms with van der Waals surface area (Å²) in [4.78, 5) is 16.8. The van der Waals surface area contributed by atoms with Gasteiger partial charge in [-0.1, -0.05) is 0 Å². The first-order valence-corrected chi connectivity index (χ1v) is 3.16. The number of carboxylic acids is 1. The van der Waals surface area contributed by atoms with Crippen molar-refractivity contribution < 1.29 is 9.90 Å². The smallest absolute Gasteiger partial charge is 0.320 e. The molecular weight excluding hydrogens is 160 g/mol. The minimum absolute atomic E-state index is 0. The van der Waals surface area contributed by atoms with Crippen LogP contribution in [0.4, 0.5) is 0 Å². The van der Waals surface area contributed by atoms with E-state index in [0.717, 1.165) is 0 Å². The molecular formula is C6H9N4O2. The van der Waals surface area contributed by atoms with Gasteiger partial charge in [-0.05, 0) is 0 Å². The Morgan fingerprint density at radius 1 is 1.83 bits per heavy atom. The second kappa shape index (κ2) is 4.47. The van der Waals surface area contributed by atoms with E-state index in [0.29, 0.717) is 5.69 Å². The first-order valence-electron chi connectivity index (χ1n) is 3.16. The van der Waals surface area contributed by atoms with Crippen LogP contribution in [0.3, 0.4) is 0 Å². The zero-order chi connectivity index (χ0) is 8.27. The van der Waals surface area contributed by atoms with Crippen molar-refractivity contribution >= 4 is 5.97 Å². The van der Waals surface area contributed by atoms with E-state index in [9.17, 15) is 4.79 Å². The zero-order valence-corrected chi connectivity index (χ0v) is 6.27. The molecule has 0 amide bonds. The van der Waals surface area contributed by atoms with Gasteiger partial charge in [0, 0.05) is 18.8 Å². The van der Waals surface area contributed by atoms with Crippen molar-refractivity contribution in [3.8, 4) is 0 Å². The number of imidazole rings is 1. The quantitative estimate of drug-likeness (QED) is 0.530. The lowest BCUT2D eigenvalue weighted by Crippen LogP contribution is -2.32. The van der Waals surface area contributed by atoms with Crippen LogP contribution in [0.2, 0.25) is 0 Å². The number of carboxylic acid groups (broad SMARTS) is 1. The molecule has 6 heteroatoms. The topological polar surface area (TPSA) is 123 Å². The summed E-state index contributed by atoms with van der Waals surface area (Å²) in [6.07, 6.45) is 3.38. The molecule has 0 unspecified atom stereocenters. The number of nitrogens with zero attached hydrogens (tertiary/aromatic N) is 2. The monoisotopic (exact) mass is 169 g/mol. The number of hydrogen-bond acceptors (Lipinski definition) is 3. The second-order valence-electron chi connectivity index (χ2n) is 2.21. The molecule has 0 saturated heterocycles. The Bertz CT molecular complexity index is 234. The van der Waals surface area contributed by atoms with E-state index in [1.54, 1.807) is 6.20 Å². The molecule has 1 atom stereocenters. The van der Waals surface area contributed by atoms with E-state index in [2.05, 4.69) is 9.97 Å². The van der Waals surface area contributed by atoms with Gasteiger partial charge in [0.1, 0.15) is 6.04 Å². The lowest BCUT2D eigenvalue weighted by atomic mass is 10.2. The van der Waals surface area contributed by atoms with Crippen molar-refractivity contribution in [1.29, 1.82) is 0 Å². The van der Waals surface area contributed by atoms with Crippen LogP contribution in [0.1, 0.15) is 5.69 Å². The fraction of sp³-hybridized carbons (Fsp3) is 0.333. The van der Waals surface area contributed by atoms with Crippen LogP contribution in [-0.2, 0) is 11.2 Å². The predicted molar refractivity (Wildman–Crippen MR) is 40.0 cm³/mol. The van der Waals surface area contributed by atoms with Gasteiger partial charge in [-0.2, -0.15) is 0 Å². The molecule has 0 aliphatic carbocycles. The van der Waals surface area contributed by atoms with Crippen molar-refractivity contribution in [2.24, 2.45) is 5.73 Å². The summed E-state index contributed by atoms with van der Waals surface area (Å²) in [5.74, 6) is -1.01. The molecule has 12 heavy (non-hydrogen) atoms. The number of aliphatic carboxylic acids is 1. The minimum atomic E-state index is -1.01. The van der Waals surface area contributed by atoms with Crippen molar-refractivity contribution in [3.63, 3.8) is 0 Å². The maximum atomic E-state index is 10.3. The number of rotatable bonds is 3. The lowest BCUT2D eigenvalue weighted by molar-refractivity contribution is -0.138. The van der Waals surface area contributed by atoms with Crippen molar-refractivity contribution in [2.45, 2.75) is 12.5 Å². The molecule has 0 spiro atoms. The third-order valence-corrected chi connectivity index (χ3v) is 1.30. The SMILES string of the molecule is N[C@@H](Cc1c[nH]cn1)C(=O)O.[N]. The molecule has 1 heterocycles. The molecule has 6 nitrogen and oxygen atoms in total. The molecule has 0 saturated carbocycles. The maximum absolute atomic E-state index is 10.3. The maximum Gasteiger partial charge on any atom is 0.320 e. The summed E-state index contributed by atoms with van der Waals surface area (Å²) < 4.78 is 0. The summed E-state index contributed by atoms with van der Waals surface area (Å²) in [5.41, 5.74) is 5.92. The molecule has 0 aliphatic heterocycles. The molecule has 0 aromatic carbocycles. The number of nitrogens with one attached hydrogen (secondary N) is 1. The van der Waals surface area contributed by atoms with Gasteiger partial charge in [0.15, 0.2) is 0 Å². The van der Waals surface area contributed by atoms with Gasteiger partial charge < -0.3 is 15.8 Å². The highest BCUT2D eigenvalue weighted by Crippen LogP contribution is 1.95. The average molecular weight is 169 g/mol. The van der Waals surface area contributed by atoms with Crippen LogP contribution in [0.15, 0.2) is 12.5 Å². The van der Waals surface area contributed by atoms with Crippen LogP contribution in [-0.4, -0.2) is 27.1 Å².